The predicted octanol–water partition coefficient (Wildman–Crippen LogP) is -1.16. The van der Waals surface area contributed by atoms with Crippen molar-refractivity contribution in [3.05, 3.63) is 0 Å². The second-order valence-corrected chi connectivity index (χ2v) is 31.4. The van der Waals surface area contributed by atoms with Crippen molar-refractivity contribution in [1.29, 1.82) is 0 Å². The molecule has 114 heavy (non-hydrogen) atoms. The van der Waals surface area contributed by atoms with E-state index in [0.29, 0.717) is 12.8 Å². The summed E-state index contributed by atoms with van der Waals surface area (Å²) in [5, 5.41) is 211. The van der Waals surface area contributed by atoms with Gasteiger partial charge in [-0.3, -0.25) is 14.4 Å². The van der Waals surface area contributed by atoms with Gasteiger partial charge in [0.2, 0.25) is 17.7 Å². The van der Waals surface area contributed by atoms with Crippen molar-refractivity contribution in [3.63, 3.8) is 0 Å². The minimum Gasteiger partial charge on any atom is -0.477 e. The van der Waals surface area contributed by atoms with Crippen LogP contribution in [0.25, 0.3) is 0 Å². The lowest BCUT2D eigenvalue weighted by molar-refractivity contribution is -0.404. The van der Waals surface area contributed by atoms with Crippen LogP contribution in [0.1, 0.15) is 234 Å². The quantitative estimate of drug-likeness (QED) is 0.0319. The van der Waals surface area contributed by atoms with Gasteiger partial charge in [-0.05, 0) is 19.8 Å². The van der Waals surface area contributed by atoms with Crippen LogP contribution in [0.2, 0.25) is 0 Å². The van der Waals surface area contributed by atoms with Crippen LogP contribution in [0.3, 0.4) is 0 Å². The second kappa shape index (κ2) is 51.6. The van der Waals surface area contributed by atoms with Crippen molar-refractivity contribution in [3.8, 4) is 0 Å². The van der Waals surface area contributed by atoms with Crippen LogP contribution in [0.15, 0.2) is 0 Å². The lowest BCUT2D eigenvalue weighted by atomic mass is 9.86. The number of aliphatic carboxylic acids is 2. The van der Waals surface area contributed by atoms with Crippen molar-refractivity contribution >= 4 is 35.4 Å². The third kappa shape index (κ3) is 30.0. The standard InChI is InChI=1S/C77H137N3O34/c1-6-8-10-12-14-16-18-20-22-24-26-28-30-32-48(89)47(80-56(93)33-31-29-27-25-23-21-19-17-15-13-11-9-7-2)42-105-72-64(99)63(98)66(54(40-84)107-72)109-73-65(100)70(67(55(41-85)108-73)110-71-46(34-43(3)86)59(94)61(96)52(38-82)106-71)114-77(75(103)104)36-50(91)58(79-45(5)88)69(113-77)62(97)53(39-83)111-76(74(101)102)35-49(90)57(78-44(4)87)68(112-76)60(95)51(92)37-81/h46-55,57-73,81-85,89-92,94-100H,6-42H2,1-5H3,(H,78,87)(H,79,88)(H,80,93)(H,101,102)(H,103,104). The van der Waals surface area contributed by atoms with Gasteiger partial charge < -0.3 is 160 Å². The fourth-order valence-corrected chi connectivity index (χ4v) is 15.6. The number of carboxylic acids is 2. The van der Waals surface area contributed by atoms with Crippen LogP contribution in [0, 0.1) is 5.92 Å². The molecule has 5 heterocycles. The van der Waals surface area contributed by atoms with E-state index in [9.17, 15) is 121 Å². The Morgan fingerprint density at radius 2 is 0.904 bits per heavy atom. The highest BCUT2D eigenvalue weighted by Crippen LogP contribution is 2.43. The molecule has 0 aromatic carbocycles. The molecule has 0 aromatic rings. The highest BCUT2D eigenvalue weighted by molar-refractivity contribution is 5.78. The summed E-state index contributed by atoms with van der Waals surface area (Å²) in [5.74, 6) is -15.8. The zero-order valence-electron chi connectivity index (χ0n) is 66.8. The van der Waals surface area contributed by atoms with Crippen molar-refractivity contribution in [1.82, 2.24) is 16.0 Å². The number of aliphatic hydroxyl groups is 16. The molecule has 5 aliphatic rings. The van der Waals surface area contributed by atoms with Gasteiger partial charge in [0, 0.05) is 45.4 Å². The zero-order valence-corrected chi connectivity index (χ0v) is 66.8. The van der Waals surface area contributed by atoms with Gasteiger partial charge in [0.15, 0.2) is 18.9 Å². The number of ether oxygens (including phenoxy) is 10. The Hall–Kier alpha value is -4.02. The van der Waals surface area contributed by atoms with Crippen molar-refractivity contribution in [2.75, 3.05) is 39.6 Å². The fraction of sp³-hybridized carbons (Fsp3) is 0.922. The Morgan fingerprint density at radius 1 is 0.465 bits per heavy atom. The largest absolute Gasteiger partial charge is 0.477 e. The average molecular weight is 1650 g/mol. The summed E-state index contributed by atoms with van der Waals surface area (Å²) in [6.45, 7) is 0.773. The normalized spacial score (nSPS) is 33.6. The van der Waals surface area contributed by atoms with Gasteiger partial charge >= 0.3 is 11.9 Å². The topological polar surface area (TPSA) is 595 Å². The summed E-state index contributed by atoms with van der Waals surface area (Å²) in [4.78, 5) is 79.2. The zero-order chi connectivity index (χ0) is 84.4. The number of nitrogens with one attached hydrogen (secondary N) is 3. The van der Waals surface area contributed by atoms with E-state index in [1.165, 1.54) is 89.9 Å². The average Bonchev–Trinajstić information content (AvgIpc) is 0.747. The van der Waals surface area contributed by atoms with Crippen LogP contribution in [0.5, 0.6) is 0 Å². The minimum absolute atomic E-state index is 0.139. The molecular weight excluding hydrogens is 1510 g/mol. The van der Waals surface area contributed by atoms with Gasteiger partial charge in [0.1, 0.15) is 103 Å². The van der Waals surface area contributed by atoms with Crippen LogP contribution in [-0.4, -0.2) is 338 Å². The number of aliphatic hydroxyl groups excluding tert-OH is 16. The molecular formula is C77H137N3O34. The van der Waals surface area contributed by atoms with E-state index in [4.69, 9.17) is 47.4 Å². The van der Waals surface area contributed by atoms with Crippen LogP contribution in [-0.2, 0) is 76.1 Å². The number of amides is 3. The number of carboxylic acid groups (broad SMARTS) is 2. The van der Waals surface area contributed by atoms with Crippen molar-refractivity contribution < 1.29 is 168 Å². The molecule has 3 amide bonds. The Labute approximate surface area is 666 Å². The van der Waals surface area contributed by atoms with Crippen molar-refractivity contribution in [2.45, 2.75) is 404 Å². The van der Waals surface area contributed by atoms with E-state index in [1.807, 2.05) is 0 Å². The van der Waals surface area contributed by atoms with E-state index >= 15 is 0 Å². The monoisotopic (exact) mass is 1650 g/mol. The Bertz CT molecular complexity index is 2770. The second-order valence-electron chi connectivity index (χ2n) is 31.4. The van der Waals surface area contributed by atoms with E-state index in [0.717, 1.165) is 85.0 Å². The lowest BCUT2D eigenvalue weighted by Gasteiger charge is -2.52. The van der Waals surface area contributed by atoms with Crippen molar-refractivity contribution in [2.24, 2.45) is 5.92 Å². The van der Waals surface area contributed by atoms with E-state index in [-0.39, 0.29) is 18.7 Å². The Morgan fingerprint density at radius 3 is 1.37 bits per heavy atom. The third-order valence-electron chi connectivity index (χ3n) is 22.1. The highest BCUT2D eigenvalue weighted by Gasteiger charge is 2.64. The SMILES string of the molecule is CCCCCCCCCCCCCCCC(=O)NC(COC1OC(CO)C(OC2OC(CO)C(OC3OC(CO)C(O)C(O)C3CC(C)=O)C(OC3(C(=O)O)CC(O)C(NC(C)=O)C(C(O)C(CO)OC4(C(=O)O)CC(O)C(NC(C)=O)C(C(O)C(O)CO)O4)O3)C2O)C(O)C1O)C(O)CCCCCCCCCCCCCCC. The van der Waals surface area contributed by atoms with E-state index in [1.54, 1.807) is 0 Å². The van der Waals surface area contributed by atoms with Crippen LogP contribution >= 0.6 is 0 Å². The first kappa shape index (κ1) is 101. The summed E-state index contributed by atoms with van der Waals surface area (Å²) >= 11 is 0. The molecule has 21 N–H and O–H groups in total. The maximum absolute atomic E-state index is 14.2. The summed E-state index contributed by atoms with van der Waals surface area (Å²) < 4.78 is 60.1. The molecule has 5 aliphatic heterocycles. The molecule has 5 rings (SSSR count). The number of Topliss-reactive ketones (excluding diaryl/α,β-unsaturated/α-hetero) is 1. The molecule has 37 heteroatoms. The fourth-order valence-electron chi connectivity index (χ4n) is 15.6. The maximum Gasteiger partial charge on any atom is 0.364 e. The highest BCUT2D eigenvalue weighted by atomic mass is 16.8. The summed E-state index contributed by atoms with van der Waals surface area (Å²) in [7, 11) is 0. The molecule has 0 radical (unpaired) electrons. The van der Waals surface area contributed by atoms with Crippen LogP contribution < -0.4 is 16.0 Å². The number of unbranched alkanes of at least 4 members (excludes halogenated alkanes) is 24. The van der Waals surface area contributed by atoms with Gasteiger partial charge in [-0.25, -0.2) is 9.59 Å². The molecule has 37 nitrogen and oxygen atoms in total. The van der Waals surface area contributed by atoms with Gasteiger partial charge in [-0.1, -0.05) is 174 Å². The molecule has 5 saturated heterocycles. The summed E-state index contributed by atoms with van der Waals surface area (Å²) in [5.41, 5.74) is 0. The molecule has 664 valence electrons. The molecule has 0 aromatic heterocycles. The number of carbonyl (C=O) groups excluding carboxylic acids is 4. The maximum atomic E-state index is 14.2. The number of hydrogen-bond donors (Lipinski definition) is 21. The first-order valence-electron chi connectivity index (χ1n) is 41.3. The molecule has 0 aliphatic carbocycles. The lowest BCUT2D eigenvalue weighted by Crippen LogP contribution is -2.72. The van der Waals surface area contributed by atoms with Gasteiger partial charge in [-0.2, -0.15) is 0 Å². The molecule has 0 saturated carbocycles. The molecule has 29 unspecified atom stereocenters. The number of ketones is 1. The predicted molar refractivity (Wildman–Crippen MR) is 399 cm³/mol. The van der Waals surface area contributed by atoms with E-state index < -0.39 is 265 Å². The smallest absolute Gasteiger partial charge is 0.364 e. The third-order valence-corrected chi connectivity index (χ3v) is 22.1. The molecule has 0 spiro atoms. The van der Waals surface area contributed by atoms with Gasteiger partial charge in [0.05, 0.1) is 82.2 Å². The minimum atomic E-state index is -3.57. The first-order valence-corrected chi connectivity index (χ1v) is 41.3. The molecule has 29 atom stereocenters. The number of carbonyl (C=O) groups is 6. The summed E-state index contributed by atoms with van der Waals surface area (Å²) in [6, 6.07) is -4.86. The van der Waals surface area contributed by atoms with Gasteiger partial charge in [-0.15, -0.1) is 0 Å². The van der Waals surface area contributed by atoms with Crippen LogP contribution in [0.4, 0.5) is 0 Å². The Balaban J connectivity index is 1.45. The summed E-state index contributed by atoms with van der Waals surface area (Å²) in [6.07, 6.45) is -23.7. The first-order chi connectivity index (χ1) is 54.3. The number of hydrogen-bond acceptors (Lipinski definition) is 32. The van der Waals surface area contributed by atoms with E-state index in [2.05, 4.69) is 29.8 Å². The number of rotatable bonds is 56. The molecule has 5 fully saturated rings. The Kier molecular flexibility index (Phi) is 45.5. The molecule has 0 bridgehead atoms. The van der Waals surface area contributed by atoms with Gasteiger partial charge in [0.25, 0.3) is 11.6 Å².